The Hall–Kier alpha value is -1.41. The SMILES string of the molecule is CCC[C@@H](NS(=O)(=O)c1c(C)nn(C)c1C)C(=O)O. The van der Waals surface area contributed by atoms with E-state index in [0.29, 0.717) is 17.8 Å². The topological polar surface area (TPSA) is 101 Å². The number of sulfonamides is 1. The van der Waals surface area contributed by atoms with E-state index in [-0.39, 0.29) is 11.3 Å². The Kier molecular flexibility index (Phi) is 4.70. The van der Waals surface area contributed by atoms with E-state index in [1.54, 1.807) is 27.8 Å². The second kappa shape index (κ2) is 5.70. The maximum atomic E-state index is 12.2. The number of aliphatic carboxylic acids is 1. The summed E-state index contributed by atoms with van der Waals surface area (Å²) < 4.78 is 28.2. The summed E-state index contributed by atoms with van der Waals surface area (Å²) in [6, 6.07) is -1.12. The summed E-state index contributed by atoms with van der Waals surface area (Å²) in [7, 11) is -2.24. The minimum Gasteiger partial charge on any atom is -0.480 e. The highest BCUT2D eigenvalue weighted by Crippen LogP contribution is 2.19. The largest absolute Gasteiger partial charge is 0.480 e. The van der Waals surface area contributed by atoms with Gasteiger partial charge in [-0.05, 0) is 20.3 Å². The summed E-state index contributed by atoms with van der Waals surface area (Å²) in [6.45, 7) is 5.01. The van der Waals surface area contributed by atoms with Gasteiger partial charge in [-0.1, -0.05) is 13.3 Å². The monoisotopic (exact) mass is 289 g/mol. The number of aryl methyl sites for hydroxylation is 2. The number of carboxylic acid groups (broad SMARTS) is 1. The average molecular weight is 289 g/mol. The second-order valence-corrected chi connectivity index (χ2v) is 6.08. The molecule has 0 unspecified atom stereocenters. The summed E-state index contributed by atoms with van der Waals surface area (Å²) >= 11 is 0. The van der Waals surface area contributed by atoms with Crippen LogP contribution in [-0.2, 0) is 21.9 Å². The predicted molar refractivity (Wildman–Crippen MR) is 69.3 cm³/mol. The summed E-state index contributed by atoms with van der Waals surface area (Å²) in [5.41, 5.74) is 0.832. The van der Waals surface area contributed by atoms with Crippen molar-refractivity contribution in [1.29, 1.82) is 0 Å². The molecule has 0 bridgehead atoms. The number of carbonyl (C=O) groups is 1. The van der Waals surface area contributed by atoms with Gasteiger partial charge in [0.1, 0.15) is 10.9 Å². The fourth-order valence-electron chi connectivity index (χ4n) is 1.91. The van der Waals surface area contributed by atoms with Crippen LogP contribution < -0.4 is 4.72 Å². The Morgan fingerprint density at radius 1 is 1.47 bits per heavy atom. The summed E-state index contributed by atoms with van der Waals surface area (Å²) in [4.78, 5) is 11.1. The molecule has 0 aliphatic carbocycles. The molecule has 2 N–H and O–H groups in total. The molecule has 19 heavy (non-hydrogen) atoms. The van der Waals surface area contributed by atoms with E-state index in [1.165, 1.54) is 4.68 Å². The van der Waals surface area contributed by atoms with Gasteiger partial charge < -0.3 is 5.11 Å². The number of nitrogens with zero attached hydrogens (tertiary/aromatic N) is 2. The molecule has 0 fully saturated rings. The van der Waals surface area contributed by atoms with Crippen LogP contribution in [0.1, 0.15) is 31.2 Å². The van der Waals surface area contributed by atoms with Gasteiger partial charge in [-0.25, -0.2) is 8.42 Å². The minimum atomic E-state index is -3.88. The first kappa shape index (κ1) is 15.6. The van der Waals surface area contributed by atoms with Gasteiger partial charge in [0, 0.05) is 7.05 Å². The first-order valence-electron chi connectivity index (χ1n) is 5.96. The number of nitrogens with one attached hydrogen (secondary N) is 1. The third kappa shape index (κ3) is 3.32. The van der Waals surface area contributed by atoms with Gasteiger partial charge in [0.15, 0.2) is 0 Å². The van der Waals surface area contributed by atoms with Gasteiger partial charge in [0.05, 0.1) is 11.4 Å². The quantitative estimate of drug-likeness (QED) is 0.797. The number of rotatable bonds is 6. The number of carboxylic acids is 1. The highest BCUT2D eigenvalue weighted by atomic mass is 32.2. The molecule has 1 aromatic heterocycles. The molecule has 0 saturated carbocycles. The van der Waals surface area contributed by atoms with Crippen molar-refractivity contribution in [2.75, 3.05) is 0 Å². The molecule has 0 aliphatic rings. The Labute approximate surface area is 112 Å². The highest BCUT2D eigenvalue weighted by Gasteiger charge is 2.29. The van der Waals surface area contributed by atoms with E-state index in [4.69, 9.17) is 5.11 Å². The van der Waals surface area contributed by atoms with Crippen molar-refractivity contribution in [1.82, 2.24) is 14.5 Å². The van der Waals surface area contributed by atoms with E-state index >= 15 is 0 Å². The van der Waals surface area contributed by atoms with Gasteiger partial charge in [0.25, 0.3) is 0 Å². The normalized spacial score (nSPS) is 13.5. The molecule has 108 valence electrons. The van der Waals surface area contributed by atoms with Crippen LogP contribution in [0.5, 0.6) is 0 Å². The van der Waals surface area contributed by atoms with Crippen LogP contribution in [0.2, 0.25) is 0 Å². The van der Waals surface area contributed by atoms with E-state index < -0.39 is 22.0 Å². The molecule has 1 rings (SSSR count). The molecular weight excluding hydrogens is 270 g/mol. The van der Waals surface area contributed by atoms with Gasteiger partial charge in [0.2, 0.25) is 10.0 Å². The van der Waals surface area contributed by atoms with Gasteiger partial charge >= 0.3 is 5.97 Å². The van der Waals surface area contributed by atoms with Crippen LogP contribution in [0.25, 0.3) is 0 Å². The zero-order chi connectivity index (χ0) is 14.8. The molecule has 0 saturated heterocycles. The molecule has 0 amide bonds. The van der Waals surface area contributed by atoms with Crippen LogP contribution >= 0.6 is 0 Å². The smallest absolute Gasteiger partial charge is 0.321 e. The lowest BCUT2D eigenvalue weighted by Crippen LogP contribution is -2.40. The third-order valence-electron chi connectivity index (χ3n) is 2.88. The van der Waals surface area contributed by atoms with E-state index in [2.05, 4.69) is 9.82 Å². The number of hydrogen-bond acceptors (Lipinski definition) is 4. The third-order valence-corrected chi connectivity index (χ3v) is 4.61. The Morgan fingerprint density at radius 2 is 2.05 bits per heavy atom. The summed E-state index contributed by atoms with van der Waals surface area (Å²) in [5, 5.41) is 13.0. The van der Waals surface area contributed by atoms with Crippen LogP contribution in [0.15, 0.2) is 4.90 Å². The lowest BCUT2D eigenvalue weighted by atomic mass is 10.2. The summed E-state index contributed by atoms with van der Waals surface area (Å²) in [6.07, 6.45) is 0.817. The predicted octanol–water partition coefficient (Wildman–Crippen LogP) is 0.569. The fourth-order valence-corrected chi connectivity index (χ4v) is 3.57. The first-order chi connectivity index (χ1) is 8.70. The summed E-state index contributed by atoms with van der Waals surface area (Å²) in [5.74, 6) is -1.18. The molecule has 1 aromatic rings. The van der Waals surface area contributed by atoms with Crippen LogP contribution in [-0.4, -0.2) is 35.3 Å². The van der Waals surface area contributed by atoms with Crippen molar-refractivity contribution in [2.45, 2.75) is 44.6 Å². The van der Waals surface area contributed by atoms with Crippen molar-refractivity contribution < 1.29 is 18.3 Å². The molecule has 1 heterocycles. The minimum absolute atomic E-state index is 0.0531. The van der Waals surface area contributed by atoms with Crippen LogP contribution in [0.4, 0.5) is 0 Å². The van der Waals surface area contributed by atoms with Gasteiger partial charge in [-0.3, -0.25) is 9.48 Å². The van der Waals surface area contributed by atoms with Crippen molar-refractivity contribution in [3.05, 3.63) is 11.4 Å². The van der Waals surface area contributed by atoms with E-state index in [0.717, 1.165) is 0 Å². The van der Waals surface area contributed by atoms with Crippen molar-refractivity contribution >= 4 is 16.0 Å². The number of aromatic nitrogens is 2. The maximum absolute atomic E-state index is 12.2. The molecule has 8 heteroatoms. The molecule has 0 radical (unpaired) electrons. The number of hydrogen-bond donors (Lipinski definition) is 2. The lowest BCUT2D eigenvalue weighted by Gasteiger charge is -2.14. The first-order valence-corrected chi connectivity index (χ1v) is 7.44. The van der Waals surface area contributed by atoms with E-state index in [1.807, 2.05) is 0 Å². The maximum Gasteiger partial charge on any atom is 0.321 e. The Morgan fingerprint density at radius 3 is 2.42 bits per heavy atom. The lowest BCUT2D eigenvalue weighted by molar-refractivity contribution is -0.139. The van der Waals surface area contributed by atoms with E-state index in [9.17, 15) is 13.2 Å². The van der Waals surface area contributed by atoms with Gasteiger partial charge in [-0.15, -0.1) is 0 Å². The Balaban J connectivity index is 3.14. The van der Waals surface area contributed by atoms with Crippen LogP contribution in [0.3, 0.4) is 0 Å². The molecule has 0 aliphatic heterocycles. The molecular formula is C11H19N3O4S. The van der Waals surface area contributed by atoms with Crippen molar-refractivity contribution in [3.8, 4) is 0 Å². The van der Waals surface area contributed by atoms with Crippen molar-refractivity contribution in [2.24, 2.45) is 7.05 Å². The van der Waals surface area contributed by atoms with Crippen LogP contribution in [0, 0.1) is 13.8 Å². The molecule has 0 spiro atoms. The second-order valence-electron chi connectivity index (χ2n) is 4.42. The van der Waals surface area contributed by atoms with Gasteiger partial charge in [-0.2, -0.15) is 9.82 Å². The fraction of sp³-hybridized carbons (Fsp3) is 0.636. The zero-order valence-corrected chi connectivity index (χ0v) is 12.3. The Bertz CT molecular complexity index is 577. The zero-order valence-electron chi connectivity index (χ0n) is 11.5. The average Bonchev–Trinajstić information content (AvgIpc) is 2.52. The van der Waals surface area contributed by atoms with Crippen molar-refractivity contribution in [3.63, 3.8) is 0 Å². The molecule has 1 atom stereocenters. The highest BCUT2D eigenvalue weighted by molar-refractivity contribution is 7.89. The molecule has 0 aromatic carbocycles. The standard InChI is InChI=1S/C11H19N3O4S/c1-5-6-9(11(15)16)13-19(17,18)10-7(2)12-14(4)8(10)3/h9,13H,5-6H2,1-4H3,(H,15,16)/t9-/m1/s1. The molecule has 7 nitrogen and oxygen atoms in total.